The first kappa shape index (κ1) is 56.6. The van der Waals surface area contributed by atoms with Gasteiger partial charge in [-0.1, -0.05) is 267 Å². The summed E-state index contributed by atoms with van der Waals surface area (Å²) in [4.78, 5) is 21.3. The molecule has 102 heavy (non-hydrogen) atoms. The van der Waals surface area contributed by atoms with Gasteiger partial charge in [0.15, 0.2) is 11.2 Å². The van der Waals surface area contributed by atoms with Gasteiger partial charge in [-0.3, -0.25) is 0 Å². The molecule has 22 rings (SSSR count). The van der Waals surface area contributed by atoms with Crippen molar-refractivity contribution in [2.75, 3.05) is 0 Å². The van der Waals surface area contributed by atoms with E-state index in [0.717, 1.165) is 111 Å². The lowest BCUT2D eigenvalue weighted by Gasteiger charge is -2.31. The van der Waals surface area contributed by atoms with Crippen LogP contribution < -0.4 is 0 Å². The van der Waals surface area contributed by atoms with Crippen molar-refractivity contribution in [1.82, 2.24) is 19.9 Å². The van der Waals surface area contributed by atoms with E-state index >= 15 is 0 Å². The minimum absolute atomic E-state index is 0.547. The number of fused-ring (bicyclic) bond motifs is 23. The first-order chi connectivity index (χ1) is 50.5. The van der Waals surface area contributed by atoms with Gasteiger partial charge in [-0.2, -0.15) is 0 Å². The molecule has 4 aliphatic carbocycles. The van der Waals surface area contributed by atoms with Gasteiger partial charge in [0.05, 0.1) is 33.3 Å². The summed E-state index contributed by atoms with van der Waals surface area (Å²) < 4.78 is 12.3. The largest absolute Gasteiger partial charge is 0.436 e. The van der Waals surface area contributed by atoms with E-state index in [2.05, 4.69) is 291 Å². The molecule has 0 aliphatic heterocycles. The predicted molar refractivity (Wildman–Crippen MR) is 411 cm³/mol. The number of benzene rings is 15. The molecule has 0 radical (unpaired) electrons. The molecule has 0 saturated carbocycles. The van der Waals surface area contributed by atoms with Crippen LogP contribution in [0.25, 0.3) is 168 Å². The van der Waals surface area contributed by atoms with Gasteiger partial charge in [-0.15, -0.1) is 0 Å². The van der Waals surface area contributed by atoms with E-state index in [0.29, 0.717) is 11.8 Å². The lowest BCUT2D eigenvalue weighted by molar-refractivity contribution is 0.619. The third-order valence-electron chi connectivity index (χ3n) is 22.3. The van der Waals surface area contributed by atoms with Crippen LogP contribution in [0, 0.1) is 0 Å². The summed E-state index contributed by atoms with van der Waals surface area (Å²) >= 11 is 0. The molecule has 0 saturated heterocycles. The molecule has 472 valence electrons. The van der Waals surface area contributed by atoms with Crippen molar-refractivity contribution >= 4 is 33.2 Å². The zero-order chi connectivity index (χ0) is 66.8. The number of oxazole rings is 2. The average molecular weight is 1300 g/mol. The van der Waals surface area contributed by atoms with E-state index in [-0.39, 0.29) is 0 Å². The maximum atomic E-state index is 6.17. The van der Waals surface area contributed by atoms with Gasteiger partial charge in [0.2, 0.25) is 11.8 Å². The average Bonchev–Trinajstić information content (AvgIpc) is 1.52. The highest BCUT2D eigenvalue weighted by atomic mass is 16.4. The van der Waals surface area contributed by atoms with Crippen LogP contribution in [0.2, 0.25) is 0 Å². The molecule has 0 unspecified atom stereocenters. The lowest BCUT2D eigenvalue weighted by atomic mass is 9.70. The Morgan fingerprint density at radius 2 is 0.431 bits per heavy atom. The van der Waals surface area contributed by atoms with E-state index in [1.54, 1.807) is 0 Å². The SMILES string of the molecule is c1ccc2c(c1)-c1ccccc1C21c2ccccc2-c2ccc(-c3cc4nc(-c5ccc(-c6ccc(-c7nc8ccccc8o7)cc6)cc5)c(-c5ccc(-c6ccc(-c7nc8ccccc8o7)cc6)cc5)nc4cc3-c3ccc4c(c3)C3(c5ccccc5-c5ccccc53)c3ccccc3-4)cc21. The Labute approximate surface area is 587 Å². The second-order valence-corrected chi connectivity index (χ2v) is 27.4. The maximum absolute atomic E-state index is 6.17. The number of aromatic nitrogens is 4. The highest BCUT2D eigenvalue weighted by Gasteiger charge is 2.53. The van der Waals surface area contributed by atoms with Crippen molar-refractivity contribution in [2.45, 2.75) is 10.8 Å². The Morgan fingerprint density at radius 3 is 0.745 bits per heavy atom. The van der Waals surface area contributed by atoms with Crippen LogP contribution in [0.1, 0.15) is 44.5 Å². The molecule has 15 aromatic carbocycles. The van der Waals surface area contributed by atoms with Crippen LogP contribution in [0.4, 0.5) is 0 Å². The number of hydrogen-bond donors (Lipinski definition) is 0. The van der Waals surface area contributed by atoms with Gasteiger partial charge in [-0.05, 0) is 206 Å². The predicted octanol–water partition coefficient (Wildman–Crippen LogP) is 23.9. The number of hydrogen-bond acceptors (Lipinski definition) is 6. The zero-order valence-corrected chi connectivity index (χ0v) is 54.9. The van der Waals surface area contributed by atoms with Crippen LogP contribution in [-0.4, -0.2) is 19.9 Å². The Hall–Kier alpha value is -13.4. The fourth-order valence-corrected chi connectivity index (χ4v) is 17.8. The van der Waals surface area contributed by atoms with Crippen molar-refractivity contribution in [3.63, 3.8) is 0 Å². The molecule has 0 atom stereocenters. The number of nitrogens with zero attached hydrogens (tertiary/aromatic N) is 4. The first-order valence-corrected chi connectivity index (χ1v) is 34.9. The third-order valence-corrected chi connectivity index (χ3v) is 22.3. The number of para-hydroxylation sites is 4. The van der Waals surface area contributed by atoms with Crippen LogP contribution >= 0.6 is 0 Å². The minimum atomic E-state index is -0.547. The normalized spacial score (nSPS) is 13.5. The maximum Gasteiger partial charge on any atom is 0.227 e. The minimum Gasteiger partial charge on any atom is -0.436 e. The molecular weight excluding hydrogens is 1240 g/mol. The standard InChI is InChI=1S/C96H56N4O2/c1-7-23-77-67(17-1)68-18-2-8-24-78(68)95(77)81-27-11-5-21-71(81)73-51-49-65(53-83(73)95)75-55-87-88(56-76(75)66-50-52-74-72-22-6-12-28-82(72)96(84(74)54-66)79-25-9-3-19-69(79)70-20-4-10-26-80(70)96)98-92(62-43-35-58(36-44-62)60-39-47-64(48-40-60)94-100-86-30-14-16-32-90(86)102-94)91(97-87)61-41-33-57(34-42-61)59-37-45-63(46-38-59)93-99-85-29-13-15-31-89(85)101-93/h1-56H. The highest BCUT2D eigenvalue weighted by molar-refractivity contribution is 6.02. The Morgan fingerprint density at radius 1 is 0.176 bits per heavy atom. The smallest absolute Gasteiger partial charge is 0.227 e. The Kier molecular flexibility index (Phi) is 11.9. The fourth-order valence-electron chi connectivity index (χ4n) is 17.8. The van der Waals surface area contributed by atoms with E-state index in [9.17, 15) is 0 Å². The van der Waals surface area contributed by atoms with Gasteiger partial charge < -0.3 is 8.83 Å². The summed E-state index contributed by atoms with van der Waals surface area (Å²) in [6.07, 6.45) is 0. The monoisotopic (exact) mass is 1300 g/mol. The van der Waals surface area contributed by atoms with Gasteiger partial charge in [-0.25, -0.2) is 19.9 Å². The van der Waals surface area contributed by atoms with Crippen molar-refractivity contribution < 1.29 is 8.83 Å². The van der Waals surface area contributed by atoms with Crippen LogP contribution in [0.3, 0.4) is 0 Å². The molecule has 3 aromatic heterocycles. The second kappa shape index (κ2) is 21.5. The van der Waals surface area contributed by atoms with Gasteiger partial charge in [0, 0.05) is 22.3 Å². The Bertz CT molecular complexity index is 5970. The summed E-state index contributed by atoms with van der Waals surface area (Å²) in [6, 6.07) is 124. The highest BCUT2D eigenvalue weighted by Crippen LogP contribution is 2.65. The Balaban J connectivity index is 0.746. The quantitative estimate of drug-likeness (QED) is 0.151. The fraction of sp³-hybridized carbons (Fsp3) is 0.0208. The number of rotatable bonds is 8. The molecule has 2 spiro atoms. The third kappa shape index (κ3) is 8.05. The van der Waals surface area contributed by atoms with Gasteiger partial charge in [0.25, 0.3) is 0 Å². The zero-order valence-electron chi connectivity index (χ0n) is 54.9. The molecule has 0 amide bonds. The summed E-state index contributed by atoms with van der Waals surface area (Å²) in [5.41, 5.74) is 38.2. The summed E-state index contributed by atoms with van der Waals surface area (Å²) in [5.74, 6) is 1.20. The molecule has 0 N–H and O–H groups in total. The molecule has 3 heterocycles. The molecule has 18 aromatic rings. The van der Waals surface area contributed by atoms with Crippen molar-refractivity contribution in [3.05, 3.63) is 384 Å². The van der Waals surface area contributed by atoms with Crippen LogP contribution in [0.15, 0.2) is 349 Å². The molecule has 6 heteroatoms. The summed E-state index contributed by atoms with van der Waals surface area (Å²) in [5, 5.41) is 0. The van der Waals surface area contributed by atoms with Gasteiger partial charge in [0.1, 0.15) is 11.0 Å². The summed E-state index contributed by atoms with van der Waals surface area (Å²) in [7, 11) is 0. The van der Waals surface area contributed by atoms with E-state index in [1.165, 1.54) is 89.0 Å². The van der Waals surface area contributed by atoms with E-state index in [4.69, 9.17) is 28.8 Å². The second-order valence-electron chi connectivity index (χ2n) is 27.4. The van der Waals surface area contributed by atoms with Crippen molar-refractivity contribution in [3.8, 4) is 134 Å². The molecule has 0 fully saturated rings. The topological polar surface area (TPSA) is 77.8 Å². The van der Waals surface area contributed by atoms with Crippen molar-refractivity contribution in [1.29, 1.82) is 0 Å². The van der Waals surface area contributed by atoms with E-state index < -0.39 is 10.8 Å². The molecular formula is C96H56N4O2. The van der Waals surface area contributed by atoms with Crippen molar-refractivity contribution in [2.24, 2.45) is 0 Å². The first-order valence-electron chi connectivity index (χ1n) is 34.9. The van der Waals surface area contributed by atoms with E-state index in [1.807, 2.05) is 48.5 Å². The molecule has 0 bridgehead atoms. The van der Waals surface area contributed by atoms with Crippen LogP contribution in [0.5, 0.6) is 0 Å². The molecule has 6 nitrogen and oxygen atoms in total. The van der Waals surface area contributed by atoms with Crippen LogP contribution in [-0.2, 0) is 10.8 Å². The lowest BCUT2D eigenvalue weighted by Crippen LogP contribution is -2.25. The molecule has 4 aliphatic rings. The van der Waals surface area contributed by atoms with Gasteiger partial charge >= 0.3 is 0 Å². The summed E-state index contributed by atoms with van der Waals surface area (Å²) in [6.45, 7) is 0.